The molecule has 47 heavy (non-hydrogen) atoms. The van der Waals surface area contributed by atoms with Crippen LogP contribution in [0.25, 0.3) is 10.6 Å². The van der Waals surface area contributed by atoms with Crippen molar-refractivity contribution in [2.45, 2.75) is 51.7 Å². The van der Waals surface area contributed by atoms with E-state index < -0.39 is 17.9 Å². The Morgan fingerprint density at radius 2 is 1.77 bits per heavy atom. The Morgan fingerprint density at radius 1 is 1.02 bits per heavy atom. The van der Waals surface area contributed by atoms with Crippen molar-refractivity contribution >= 4 is 69.0 Å². The summed E-state index contributed by atoms with van der Waals surface area (Å²) < 4.78 is 0. The van der Waals surface area contributed by atoms with Crippen LogP contribution in [-0.4, -0.2) is 109 Å². The molecule has 3 aromatic heterocycles. The van der Waals surface area contributed by atoms with Gasteiger partial charge in [0.15, 0.2) is 5.13 Å². The first-order valence-electron chi connectivity index (χ1n) is 14.9. The average molecular weight is 706 g/mol. The summed E-state index contributed by atoms with van der Waals surface area (Å²) in [5.41, 5.74) is 1.09. The standard InChI is InChI=1S/C26H32ClN7O3S2.C4H4O4/c1-16-4-3-6-33(16)14-21-24(20-10-18(27)15-38-20)30-26(39-21)31-25(37)19-11-29-22(12-28-19)34-9-8-32(17(2)13-34)7-5-23(35)36;5-3(6)1-2-4(7)8/h10-12,15-17H,3-9,13-14H2,1-2H3,(H,35,36)(H,30,31,37);1-2H,(H,5,6)(H,7,8)/b;2-1-/t16-,17+;/m1./s1. The Hall–Kier alpha value is -3.96. The number of carbonyl (C=O) groups is 4. The fourth-order valence-corrected chi connectivity index (χ4v) is 7.39. The monoisotopic (exact) mass is 705 g/mol. The zero-order chi connectivity index (χ0) is 34.1. The van der Waals surface area contributed by atoms with Crippen LogP contribution in [0.5, 0.6) is 0 Å². The van der Waals surface area contributed by atoms with Crippen LogP contribution in [0.3, 0.4) is 0 Å². The van der Waals surface area contributed by atoms with E-state index in [2.05, 4.69) is 43.8 Å². The highest BCUT2D eigenvalue weighted by Gasteiger charge is 2.26. The van der Waals surface area contributed by atoms with E-state index in [1.54, 1.807) is 17.5 Å². The van der Waals surface area contributed by atoms with Crippen LogP contribution in [0.1, 0.15) is 48.5 Å². The van der Waals surface area contributed by atoms with Crippen molar-refractivity contribution in [2.24, 2.45) is 0 Å². The second kappa shape index (κ2) is 16.7. The number of hydrogen-bond donors (Lipinski definition) is 4. The minimum absolute atomic E-state index is 0.133. The summed E-state index contributed by atoms with van der Waals surface area (Å²) in [7, 11) is 0. The van der Waals surface area contributed by atoms with Crippen molar-refractivity contribution in [2.75, 3.05) is 42.9 Å². The normalized spacial score (nSPS) is 18.6. The lowest BCUT2D eigenvalue weighted by atomic mass is 10.2. The number of halogens is 1. The number of hydrogen-bond acceptors (Lipinski definition) is 12. The number of likely N-dealkylation sites (tertiary alicyclic amines) is 1. The van der Waals surface area contributed by atoms with Crippen molar-refractivity contribution in [1.82, 2.24) is 24.8 Å². The molecule has 2 saturated heterocycles. The van der Waals surface area contributed by atoms with E-state index in [9.17, 15) is 19.2 Å². The molecule has 14 nitrogen and oxygen atoms in total. The molecule has 1 amide bonds. The highest BCUT2D eigenvalue weighted by Crippen LogP contribution is 2.37. The van der Waals surface area contributed by atoms with E-state index in [1.807, 2.05) is 11.4 Å². The van der Waals surface area contributed by atoms with Crippen LogP contribution in [0.15, 0.2) is 36.0 Å². The third-order valence-electron chi connectivity index (χ3n) is 7.70. The van der Waals surface area contributed by atoms with E-state index in [0.29, 0.717) is 47.3 Å². The van der Waals surface area contributed by atoms with Gasteiger partial charge in [-0.15, -0.1) is 11.3 Å². The Balaban J connectivity index is 0.000000555. The first-order chi connectivity index (χ1) is 22.4. The number of thiazole rings is 1. The third-order valence-corrected chi connectivity index (χ3v) is 9.94. The molecule has 2 fully saturated rings. The molecule has 4 N–H and O–H groups in total. The van der Waals surface area contributed by atoms with Gasteiger partial charge in [-0.2, -0.15) is 0 Å². The third kappa shape index (κ3) is 10.5. The molecular weight excluding hydrogens is 670 g/mol. The van der Waals surface area contributed by atoms with Gasteiger partial charge >= 0.3 is 17.9 Å². The predicted octanol–water partition coefficient (Wildman–Crippen LogP) is 4.25. The molecule has 3 aromatic rings. The summed E-state index contributed by atoms with van der Waals surface area (Å²) in [5, 5.41) is 30.6. The van der Waals surface area contributed by atoms with E-state index >= 15 is 0 Å². The second-order valence-electron chi connectivity index (χ2n) is 11.1. The number of aliphatic carboxylic acids is 3. The largest absolute Gasteiger partial charge is 0.481 e. The summed E-state index contributed by atoms with van der Waals surface area (Å²) in [6.45, 7) is 8.89. The Morgan fingerprint density at radius 3 is 2.32 bits per heavy atom. The number of aromatic nitrogens is 3. The summed E-state index contributed by atoms with van der Waals surface area (Å²) in [5.74, 6) is -2.96. The Bertz CT molecular complexity index is 1580. The predicted molar refractivity (Wildman–Crippen MR) is 179 cm³/mol. The Kier molecular flexibility index (Phi) is 12.8. The zero-order valence-corrected chi connectivity index (χ0v) is 28.2. The molecule has 252 valence electrons. The van der Waals surface area contributed by atoms with Crippen molar-refractivity contribution < 1.29 is 34.5 Å². The molecule has 0 unspecified atom stereocenters. The molecule has 0 aromatic carbocycles. The number of amides is 1. The molecule has 0 aliphatic carbocycles. The van der Waals surface area contributed by atoms with Gasteiger partial charge in [0.05, 0.1) is 34.4 Å². The van der Waals surface area contributed by atoms with Crippen LogP contribution in [0, 0.1) is 0 Å². The molecule has 2 aliphatic rings. The maximum atomic E-state index is 13.0. The van der Waals surface area contributed by atoms with Crippen LogP contribution < -0.4 is 10.2 Å². The second-order valence-corrected chi connectivity index (χ2v) is 13.5. The number of carbonyl (C=O) groups excluding carboxylic acids is 1. The van der Waals surface area contributed by atoms with Gasteiger partial charge in [0.25, 0.3) is 5.91 Å². The highest BCUT2D eigenvalue weighted by atomic mass is 35.5. The maximum Gasteiger partial charge on any atom is 0.328 e. The van der Waals surface area contributed by atoms with Gasteiger partial charge in [0, 0.05) is 67.2 Å². The smallest absolute Gasteiger partial charge is 0.328 e. The van der Waals surface area contributed by atoms with Gasteiger partial charge in [0.1, 0.15) is 11.5 Å². The van der Waals surface area contributed by atoms with Crippen LogP contribution >= 0.6 is 34.3 Å². The minimum Gasteiger partial charge on any atom is -0.481 e. The lowest BCUT2D eigenvalue weighted by Crippen LogP contribution is -2.52. The summed E-state index contributed by atoms with van der Waals surface area (Å²) in [4.78, 5) is 65.5. The van der Waals surface area contributed by atoms with Gasteiger partial charge < -0.3 is 20.2 Å². The van der Waals surface area contributed by atoms with E-state index in [4.69, 9.17) is 31.9 Å². The molecule has 5 rings (SSSR count). The summed E-state index contributed by atoms with van der Waals surface area (Å²) in [6, 6.07) is 2.63. The van der Waals surface area contributed by atoms with Gasteiger partial charge in [-0.25, -0.2) is 24.5 Å². The fourth-order valence-electron chi connectivity index (χ4n) is 5.23. The molecule has 0 radical (unpaired) electrons. The SMILES string of the molecule is C[C@@H]1CCCN1Cc1sc(NC(=O)c2cnc(N3CCN(CCC(=O)O)[C@@H](C)C3)cn2)nc1-c1cc(Cl)cs1.O=C(O)/C=C\C(=O)O. The van der Waals surface area contributed by atoms with Gasteiger partial charge in [-0.05, 0) is 39.3 Å². The van der Waals surface area contributed by atoms with Crippen LogP contribution in [0.4, 0.5) is 10.9 Å². The van der Waals surface area contributed by atoms with Gasteiger partial charge in [-0.3, -0.25) is 24.7 Å². The first kappa shape index (κ1) is 35.9. The van der Waals surface area contributed by atoms with Crippen molar-refractivity contribution in [3.05, 3.63) is 51.6 Å². The Labute approximate surface area is 284 Å². The van der Waals surface area contributed by atoms with Crippen molar-refractivity contribution in [3.63, 3.8) is 0 Å². The molecular formula is C30H36ClN7O7S2. The zero-order valence-electron chi connectivity index (χ0n) is 25.8. The van der Waals surface area contributed by atoms with Gasteiger partial charge in [0.2, 0.25) is 0 Å². The number of nitrogens with one attached hydrogen (secondary N) is 1. The van der Waals surface area contributed by atoms with E-state index in [1.165, 1.54) is 30.4 Å². The van der Waals surface area contributed by atoms with Crippen LogP contribution in [0.2, 0.25) is 5.02 Å². The molecule has 2 atom stereocenters. The molecule has 0 bridgehead atoms. The first-order valence-corrected chi connectivity index (χ1v) is 16.9. The number of piperazine rings is 1. The number of carboxylic acid groups (broad SMARTS) is 3. The quantitative estimate of drug-likeness (QED) is 0.207. The fraction of sp³-hybridized carbons (Fsp3) is 0.433. The van der Waals surface area contributed by atoms with Gasteiger partial charge in [-0.1, -0.05) is 22.9 Å². The maximum absolute atomic E-state index is 13.0. The molecule has 5 heterocycles. The number of anilines is 2. The summed E-state index contributed by atoms with van der Waals surface area (Å²) in [6.07, 6.45) is 6.75. The lowest BCUT2D eigenvalue weighted by molar-refractivity contribution is -0.137. The number of carboxylic acids is 3. The molecule has 0 saturated carbocycles. The average Bonchev–Trinajstić information content (AvgIpc) is 3.75. The van der Waals surface area contributed by atoms with E-state index in [0.717, 1.165) is 41.6 Å². The number of rotatable bonds is 11. The molecule has 0 spiro atoms. The minimum atomic E-state index is -1.26. The van der Waals surface area contributed by atoms with Crippen molar-refractivity contribution in [3.8, 4) is 10.6 Å². The topological polar surface area (TPSA) is 189 Å². The van der Waals surface area contributed by atoms with Crippen molar-refractivity contribution in [1.29, 1.82) is 0 Å². The van der Waals surface area contributed by atoms with E-state index in [-0.39, 0.29) is 24.1 Å². The van der Waals surface area contributed by atoms with Crippen LogP contribution in [-0.2, 0) is 20.9 Å². The summed E-state index contributed by atoms with van der Waals surface area (Å²) >= 11 is 9.24. The number of thiophene rings is 1. The molecule has 17 heteroatoms. The number of nitrogens with zero attached hydrogens (tertiary/aromatic N) is 6. The highest BCUT2D eigenvalue weighted by molar-refractivity contribution is 7.17. The molecule has 2 aliphatic heterocycles. The lowest BCUT2D eigenvalue weighted by Gasteiger charge is -2.40.